The summed E-state index contributed by atoms with van der Waals surface area (Å²) in [5, 5.41) is 9.73. The number of phenolic OH excluding ortho intramolecular Hbond substituents is 1. The monoisotopic (exact) mass is 245 g/mol. The van der Waals surface area contributed by atoms with Crippen molar-refractivity contribution in [2.45, 2.75) is 32.2 Å². The van der Waals surface area contributed by atoms with Crippen LogP contribution in [0, 0.1) is 0 Å². The zero-order valence-corrected chi connectivity index (χ0v) is 10.6. The van der Waals surface area contributed by atoms with Gasteiger partial charge in [0.05, 0.1) is 12.7 Å². The fourth-order valence-corrected chi connectivity index (χ4v) is 1.65. The molecule has 0 fully saturated rings. The maximum Gasteiger partial charge on any atom is 0.127 e. The summed E-state index contributed by atoms with van der Waals surface area (Å²) in [5.74, 6) is 0.886. The largest absolute Gasteiger partial charge is 0.507 e. The fraction of sp³-hybridized carbons (Fsp3) is 0.500. The second-order valence-electron chi connectivity index (χ2n) is 3.64. The minimum atomic E-state index is -0.152. The predicted octanol–water partition coefficient (Wildman–Crippen LogP) is 3.01. The van der Waals surface area contributed by atoms with E-state index in [1.165, 1.54) is 0 Å². The lowest BCUT2D eigenvalue weighted by molar-refractivity contribution is 0.390. The van der Waals surface area contributed by atoms with Crippen molar-refractivity contribution in [1.82, 2.24) is 0 Å². The van der Waals surface area contributed by atoms with E-state index < -0.39 is 0 Å². The molecule has 0 radical (unpaired) electrons. The Morgan fingerprint density at radius 3 is 2.69 bits per heavy atom. The predicted molar refractivity (Wildman–Crippen MR) is 68.4 cm³/mol. The molecule has 0 aromatic heterocycles. The van der Waals surface area contributed by atoms with E-state index in [1.807, 2.05) is 6.07 Å². The highest BCUT2D eigenvalue weighted by atomic mass is 35.5. The normalized spacial score (nSPS) is 11.7. The second-order valence-corrected chi connectivity index (χ2v) is 3.64. The number of hydrogen-bond donors (Lipinski definition) is 2. The number of unbranched alkanes of at least 4 members (excludes halogenated alkanes) is 1. The van der Waals surface area contributed by atoms with Gasteiger partial charge < -0.3 is 15.6 Å². The van der Waals surface area contributed by atoms with E-state index in [9.17, 15) is 5.11 Å². The Kier molecular flexibility index (Phi) is 6.93. The van der Waals surface area contributed by atoms with Gasteiger partial charge in [0, 0.05) is 6.04 Å². The Morgan fingerprint density at radius 2 is 2.12 bits per heavy atom. The van der Waals surface area contributed by atoms with Crippen molar-refractivity contribution in [3.05, 3.63) is 23.8 Å². The molecule has 3 nitrogen and oxygen atoms in total. The van der Waals surface area contributed by atoms with Crippen LogP contribution in [-0.4, -0.2) is 12.2 Å². The van der Waals surface area contributed by atoms with Gasteiger partial charge in [-0.2, -0.15) is 0 Å². The molecular weight excluding hydrogens is 226 g/mol. The zero-order valence-electron chi connectivity index (χ0n) is 9.77. The highest BCUT2D eigenvalue weighted by molar-refractivity contribution is 5.85. The van der Waals surface area contributed by atoms with Crippen molar-refractivity contribution < 1.29 is 9.84 Å². The molecule has 0 aliphatic rings. The quantitative estimate of drug-likeness (QED) is 0.839. The molecule has 0 saturated heterocycles. The Morgan fingerprint density at radius 1 is 1.44 bits per heavy atom. The smallest absolute Gasteiger partial charge is 0.127 e. The second kappa shape index (κ2) is 7.36. The summed E-state index contributed by atoms with van der Waals surface area (Å²) in [7, 11) is 1.59. The number of ether oxygens (including phenoxy) is 1. The Hall–Kier alpha value is -0.930. The summed E-state index contributed by atoms with van der Waals surface area (Å²) < 4.78 is 5.19. The van der Waals surface area contributed by atoms with Crippen LogP contribution in [-0.2, 0) is 0 Å². The Labute approximate surface area is 103 Å². The van der Waals surface area contributed by atoms with Crippen LogP contribution >= 0.6 is 12.4 Å². The zero-order chi connectivity index (χ0) is 11.3. The number of rotatable bonds is 5. The molecule has 1 aromatic carbocycles. The fourth-order valence-electron chi connectivity index (χ4n) is 1.65. The lowest BCUT2D eigenvalue weighted by Crippen LogP contribution is -2.11. The first-order valence-corrected chi connectivity index (χ1v) is 5.32. The van der Waals surface area contributed by atoms with Gasteiger partial charge in [0.1, 0.15) is 11.5 Å². The number of methoxy groups -OCH3 is 1. The van der Waals surface area contributed by atoms with Crippen LogP contribution in [0.2, 0.25) is 0 Å². The molecule has 0 unspecified atom stereocenters. The van der Waals surface area contributed by atoms with Crippen LogP contribution < -0.4 is 10.5 Å². The van der Waals surface area contributed by atoms with E-state index in [1.54, 1.807) is 19.2 Å². The molecule has 0 aliphatic carbocycles. The van der Waals surface area contributed by atoms with Crippen LogP contribution in [0.5, 0.6) is 11.5 Å². The van der Waals surface area contributed by atoms with E-state index in [0.717, 1.165) is 19.3 Å². The summed E-state index contributed by atoms with van der Waals surface area (Å²) in [5.41, 5.74) is 6.73. The first-order valence-electron chi connectivity index (χ1n) is 5.32. The average molecular weight is 246 g/mol. The summed E-state index contributed by atoms with van der Waals surface area (Å²) in [6.45, 7) is 2.12. The molecule has 1 atom stereocenters. The third-order valence-electron chi connectivity index (χ3n) is 2.50. The number of hydrogen-bond acceptors (Lipinski definition) is 3. The summed E-state index contributed by atoms with van der Waals surface area (Å²) in [4.78, 5) is 0. The van der Waals surface area contributed by atoms with Gasteiger partial charge in [0.25, 0.3) is 0 Å². The molecule has 0 heterocycles. The minimum Gasteiger partial charge on any atom is -0.507 e. The molecule has 92 valence electrons. The Bertz CT molecular complexity index is 318. The van der Waals surface area contributed by atoms with E-state index in [0.29, 0.717) is 11.3 Å². The van der Waals surface area contributed by atoms with Crippen molar-refractivity contribution in [3.63, 3.8) is 0 Å². The highest BCUT2D eigenvalue weighted by Crippen LogP contribution is 2.34. The lowest BCUT2D eigenvalue weighted by Gasteiger charge is -2.16. The maximum absolute atomic E-state index is 9.73. The van der Waals surface area contributed by atoms with Crippen LogP contribution in [0.1, 0.15) is 37.8 Å². The van der Waals surface area contributed by atoms with Crippen molar-refractivity contribution in [3.8, 4) is 11.5 Å². The molecule has 1 aromatic rings. The average Bonchev–Trinajstić information content (AvgIpc) is 2.25. The number of phenols is 1. The lowest BCUT2D eigenvalue weighted by atomic mass is 10.00. The summed E-state index contributed by atoms with van der Waals surface area (Å²) >= 11 is 0. The van der Waals surface area contributed by atoms with E-state index >= 15 is 0 Å². The van der Waals surface area contributed by atoms with Gasteiger partial charge in [-0.05, 0) is 18.6 Å². The first kappa shape index (κ1) is 15.1. The van der Waals surface area contributed by atoms with Gasteiger partial charge in [-0.1, -0.05) is 25.8 Å². The van der Waals surface area contributed by atoms with Crippen molar-refractivity contribution >= 4 is 12.4 Å². The molecule has 3 N–H and O–H groups in total. The van der Waals surface area contributed by atoms with Crippen LogP contribution in [0.25, 0.3) is 0 Å². The molecule has 0 amide bonds. The summed E-state index contributed by atoms with van der Waals surface area (Å²) in [6, 6.07) is 5.07. The maximum atomic E-state index is 9.73. The molecule has 0 aliphatic heterocycles. The molecule has 0 bridgehead atoms. The summed E-state index contributed by atoms with van der Waals surface area (Å²) in [6.07, 6.45) is 3.02. The molecular formula is C12H20ClNO2. The van der Waals surface area contributed by atoms with Crippen molar-refractivity contribution in [2.75, 3.05) is 7.11 Å². The van der Waals surface area contributed by atoms with Crippen LogP contribution in [0.15, 0.2) is 18.2 Å². The third kappa shape index (κ3) is 3.58. The number of halogens is 1. The van der Waals surface area contributed by atoms with Gasteiger partial charge in [-0.25, -0.2) is 0 Å². The first-order chi connectivity index (χ1) is 7.20. The standard InChI is InChI=1S/C12H19NO2.ClH/c1-3-4-6-9(13)12-10(14)7-5-8-11(12)15-2;/h5,7-9,14H,3-4,6,13H2,1-2H3;1H/t9-;/m1./s1. The molecule has 1 rings (SSSR count). The van der Waals surface area contributed by atoms with Crippen molar-refractivity contribution in [2.24, 2.45) is 5.73 Å². The van der Waals surface area contributed by atoms with Crippen LogP contribution in [0.4, 0.5) is 0 Å². The van der Waals surface area contributed by atoms with Crippen molar-refractivity contribution in [1.29, 1.82) is 0 Å². The number of aromatic hydroxyl groups is 1. The minimum absolute atomic E-state index is 0. The van der Waals surface area contributed by atoms with Crippen LogP contribution in [0.3, 0.4) is 0 Å². The molecule has 0 saturated carbocycles. The van der Waals surface area contributed by atoms with Gasteiger partial charge in [0.2, 0.25) is 0 Å². The van der Waals surface area contributed by atoms with Gasteiger partial charge in [-0.15, -0.1) is 12.4 Å². The molecule has 0 spiro atoms. The van der Waals surface area contributed by atoms with E-state index in [-0.39, 0.29) is 24.2 Å². The SMILES string of the molecule is CCCC[C@@H](N)c1c(O)cccc1OC.Cl. The topological polar surface area (TPSA) is 55.5 Å². The number of benzene rings is 1. The van der Waals surface area contributed by atoms with Gasteiger partial charge in [0.15, 0.2) is 0 Å². The highest BCUT2D eigenvalue weighted by Gasteiger charge is 2.15. The number of nitrogens with two attached hydrogens (primary N) is 1. The van der Waals surface area contributed by atoms with Gasteiger partial charge in [-0.3, -0.25) is 0 Å². The third-order valence-corrected chi connectivity index (χ3v) is 2.50. The Balaban J connectivity index is 0.00000225. The molecule has 16 heavy (non-hydrogen) atoms. The van der Waals surface area contributed by atoms with E-state index in [2.05, 4.69) is 6.92 Å². The van der Waals surface area contributed by atoms with Gasteiger partial charge >= 0.3 is 0 Å². The van der Waals surface area contributed by atoms with E-state index in [4.69, 9.17) is 10.5 Å². The molecule has 4 heteroatoms.